The Labute approximate surface area is 206 Å². The first kappa shape index (κ1) is 24.0. The molecule has 1 saturated carbocycles. The van der Waals surface area contributed by atoms with Crippen LogP contribution in [0.4, 0.5) is 0 Å². The van der Waals surface area contributed by atoms with Crippen LogP contribution in [-0.2, 0) is 4.74 Å². The van der Waals surface area contributed by atoms with Gasteiger partial charge in [0.15, 0.2) is 0 Å². The van der Waals surface area contributed by atoms with Gasteiger partial charge >= 0.3 is 0 Å². The number of fused-ring (bicyclic) bond motifs is 3. The Kier molecular flexibility index (Phi) is 6.68. The van der Waals surface area contributed by atoms with Gasteiger partial charge < -0.3 is 14.6 Å². The van der Waals surface area contributed by atoms with Crippen LogP contribution in [0.3, 0.4) is 0 Å². The van der Waals surface area contributed by atoms with Crippen molar-refractivity contribution in [1.82, 2.24) is 24.6 Å². The number of pyridine rings is 1. The Bertz CT molecular complexity index is 1280. The van der Waals surface area contributed by atoms with Crippen LogP contribution in [0.2, 0.25) is 0 Å². The predicted molar refractivity (Wildman–Crippen MR) is 138 cm³/mol. The fourth-order valence-electron chi connectivity index (χ4n) is 6.05. The maximum atomic E-state index is 13.6. The third-order valence-corrected chi connectivity index (χ3v) is 8.01. The van der Waals surface area contributed by atoms with Crippen molar-refractivity contribution in [3.05, 3.63) is 39.8 Å². The molecule has 2 aliphatic heterocycles. The van der Waals surface area contributed by atoms with Gasteiger partial charge in [-0.05, 0) is 49.8 Å². The Morgan fingerprint density at radius 2 is 1.89 bits per heavy atom. The van der Waals surface area contributed by atoms with E-state index in [4.69, 9.17) is 4.74 Å². The van der Waals surface area contributed by atoms with Crippen molar-refractivity contribution in [2.75, 3.05) is 45.9 Å². The van der Waals surface area contributed by atoms with E-state index in [1.54, 1.807) is 6.20 Å². The summed E-state index contributed by atoms with van der Waals surface area (Å²) in [5, 5.41) is 6.13. The fraction of sp³-hybridized carbons (Fsp3) is 0.593. The van der Waals surface area contributed by atoms with Gasteiger partial charge in [-0.3, -0.25) is 19.2 Å². The Morgan fingerprint density at radius 3 is 2.60 bits per heavy atom. The molecule has 0 bridgehead atoms. The summed E-state index contributed by atoms with van der Waals surface area (Å²) in [7, 11) is 0. The number of aromatic amines is 1. The van der Waals surface area contributed by atoms with E-state index >= 15 is 0 Å². The summed E-state index contributed by atoms with van der Waals surface area (Å²) in [5.41, 5.74) is 3.13. The number of hydrogen-bond donors (Lipinski definition) is 1. The Hall–Kier alpha value is -2.71. The number of ether oxygens (including phenoxy) is 1. The van der Waals surface area contributed by atoms with E-state index < -0.39 is 0 Å². The van der Waals surface area contributed by atoms with Crippen LogP contribution < -0.4 is 5.56 Å². The second kappa shape index (κ2) is 9.74. The number of benzene rings is 1. The van der Waals surface area contributed by atoms with Crippen molar-refractivity contribution in [3.8, 4) is 0 Å². The zero-order chi connectivity index (χ0) is 23.2. The Morgan fingerprint density at radius 1 is 1.11 bits per heavy atom. The molecule has 1 aromatic carbocycles. The minimum atomic E-state index is -0.117. The van der Waals surface area contributed by atoms with Crippen LogP contribution >= 0.6 is 0 Å². The van der Waals surface area contributed by atoms with Gasteiger partial charge in [0.25, 0.3) is 11.5 Å². The van der Waals surface area contributed by atoms with Gasteiger partial charge in [0.05, 0.1) is 35.3 Å². The van der Waals surface area contributed by atoms with E-state index in [0.29, 0.717) is 17.3 Å². The first-order chi connectivity index (χ1) is 16.6. The number of aromatic nitrogens is 3. The third kappa shape index (κ3) is 4.38. The van der Waals surface area contributed by atoms with Crippen molar-refractivity contribution in [2.24, 2.45) is 5.92 Å². The average Bonchev–Trinajstić information content (AvgIpc) is 3.60. The number of carbonyl (C=O) groups is 1. The lowest BCUT2D eigenvalue weighted by molar-refractivity contribution is 0.0611. The molecule has 3 aromatic rings. The van der Waals surface area contributed by atoms with Crippen LogP contribution in [0.5, 0.6) is 0 Å². The SMILES string of the molecule is C.Cc1cc2[nH]c(=O)c3cnn(C4CCCC4)c3c2cc1C(=O)N1CCN(CC2CCOC2)CC1. The topological polar surface area (TPSA) is 83.5 Å². The van der Waals surface area contributed by atoms with Gasteiger partial charge in [0.2, 0.25) is 0 Å². The summed E-state index contributed by atoms with van der Waals surface area (Å²) in [4.78, 5) is 33.8. The summed E-state index contributed by atoms with van der Waals surface area (Å²) in [6, 6.07) is 4.26. The highest BCUT2D eigenvalue weighted by atomic mass is 16.5. The van der Waals surface area contributed by atoms with Gasteiger partial charge in [0, 0.05) is 50.3 Å². The lowest BCUT2D eigenvalue weighted by Crippen LogP contribution is -2.50. The van der Waals surface area contributed by atoms with E-state index in [1.165, 1.54) is 12.8 Å². The molecule has 1 amide bonds. The highest BCUT2D eigenvalue weighted by Crippen LogP contribution is 2.34. The zero-order valence-corrected chi connectivity index (χ0v) is 19.9. The Balaban J connectivity index is 0.00000253. The van der Waals surface area contributed by atoms with E-state index in [-0.39, 0.29) is 18.9 Å². The number of nitrogens with one attached hydrogen (secondary N) is 1. The number of carbonyl (C=O) groups excluding carboxylic acids is 1. The molecule has 8 nitrogen and oxygen atoms in total. The van der Waals surface area contributed by atoms with E-state index in [1.807, 2.05) is 28.6 Å². The maximum absolute atomic E-state index is 13.6. The molecule has 3 fully saturated rings. The molecule has 0 spiro atoms. The van der Waals surface area contributed by atoms with E-state index in [9.17, 15) is 9.59 Å². The van der Waals surface area contributed by atoms with Crippen molar-refractivity contribution in [1.29, 1.82) is 0 Å². The molecule has 1 aliphatic carbocycles. The molecule has 8 heteroatoms. The number of aryl methyl sites for hydroxylation is 1. The van der Waals surface area contributed by atoms with Crippen molar-refractivity contribution in [2.45, 2.75) is 52.5 Å². The summed E-state index contributed by atoms with van der Waals surface area (Å²) < 4.78 is 7.55. The quantitative estimate of drug-likeness (QED) is 0.617. The standard InChI is InChI=1S/C26H33N5O3.CH4/c1-17-12-23-21(24-22(25(32)28-23)14-27-31(24)19-4-2-3-5-19)13-20(17)26(33)30-9-7-29(8-10-30)15-18-6-11-34-16-18;/h12-14,18-19H,2-11,15-16H2,1H3,(H,28,32);1H4. The molecule has 188 valence electrons. The first-order valence-electron chi connectivity index (χ1n) is 12.7. The van der Waals surface area contributed by atoms with Crippen LogP contribution in [-0.4, -0.2) is 76.4 Å². The normalized spacial score (nSPS) is 21.7. The van der Waals surface area contributed by atoms with Gasteiger partial charge in [-0.2, -0.15) is 5.10 Å². The van der Waals surface area contributed by atoms with Crippen LogP contribution in [0.25, 0.3) is 21.8 Å². The molecular formula is C27H37N5O3. The number of H-pyrrole nitrogens is 1. The molecule has 4 heterocycles. The molecule has 35 heavy (non-hydrogen) atoms. The summed E-state index contributed by atoms with van der Waals surface area (Å²) in [6.07, 6.45) is 7.37. The molecular weight excluding hydrogens is 442 g/mol. The summed E-state index contributed by atoms with van der Waals surface area (Å²) >= 11 is 0. The van der Waals surface area contributed by atoms with E-state index in [0.717, 1.165) is 92.7 Å². The molecule has 0 radical (unpaired) electrons. The number of hydrogen-bond acceptors (Lipinski definition) is 5. The molecule has 2 aromatic heterocycles. The first-order valence-corrected chi connectivity index (χ1v) is 12.7. The van der Waals surface area contributed by atoms with Crippen molar-refractivity contribution in [3.63, 3.8) is 0 Å². The van der Waals surface area contributed by atoms with E-state index in [2.05, 4.69) is 15.0 Å². The third-order valence-electron chi connectivity index (χ3n) is 8.01. The van der Waals surface area contributed by atoms with Gasteiger partial charge in [0.1, 0.15) is 0 Å². The minimum absolute atomic E-state index is 0. The molecule has 1 unspecified atom stereocenters. The monoisotopic (exact) mass is 479 g/mol. The number of piperazine rings is 1. The second-order valence-corrected chi connectivity index (χ2v) is 10.3. The molecule has 3 aliphatic rings. The molecule has 2 saturated heterocycles. The van der Waals surface area contributed by atoms with Crippen molar-refractivity contribution < 1.29 is 9.53 Å². The lowest BCUT2D eigenvalue weighted by atomic mass is 10.0. The zero-order valence-electron chi connectivity index (χ0n) is 19.9. The molecule has 6 rings (SSSR count). The van der Waals surface area contributed by atoms with Crippen molar-refractivity contribution >= 4 is 27.7 Å². The largest absolute Gasteiger partial charge is 0.381 e. The van der Waals surface area contributed by atoms with Crippen LogP contribution in [0.15, 0.2) is 23.1 Å². The minimum Gasteiger partial charge on any atom is -0.381 e. The summed E-state index contributed by atoms with van der Waals surface area (Å²) in [5.74, 6) is 0.703. The molecule has 1 atom stereocenters. The fourth-order valence-corrected chi connectivity index (χ4v) is 6.05. The van der Waals surface area contributed by atoms with Crippen LogP contribution in [0.1, 0.15) is 61.5 Å². The number of amides is 1. The second-order valence-electron chi connectivity index (χ2n) is 10.3. The summed E-state index contributed by atoms with van der Waals surface area (Å²) in [6.45, 7) is 8.05. The van der Waals surface area contributed by atoms with Gasteiger partial charge in [-0.1, -0.05) is 20.3 Å². The lowest BCUT2D eigenvalue weighted by Gasteiger charge is -2.36. The van der Waals surface area contributed by atoms with Crippen LogP contribution in [0, 0.1) is 12.8 Å². The average molecular weight is 480 g/mol. The number of nitrogens with zero attached hydrogens (tertiary/aromatic N) is 4. The number of rotatable bonds is 4. The highest BCUT2D eigenvalue weighted by Gasteiger charge is 2.27. The van der Waals surface area contributed by atoms with Gasteiger partial charge in [-0.15, -0.1) is 0 Å². The smallest absolute Gasteiger partial charge is 0.259 e. The van der Waals surface area contributed by atoms with Gasteiger partial charge in [-0.25, -0.2) is 0 Å². The maximum Gasteiger partial charge on any atom is 0.259 e. The highest BCUT2D eigenvalue weighted by molar-refractivity contribution is 6.07. The molecule has 1 N–H and O–H groups in total. The predicted octanol–water partition coefficient (Wildman–Crippen LogP) is 3.73.